The molecule has 2 aromatic rings. The van der Waals surface area contributed by atoms with E-state index in [2.05, 4.69) is 48.2 Å². The third-order valence-electron chi connectivity index (χ3n) is 12.7. The molecular weight excluding hydrogens is 572 g/mol. The lowest BCUT2D eigenvalue weighted by Crippen LogP contribution is -2.64. The average Bonchev–Trinajstić information content (AvgIpc) is 3.57. The van der Waals surface area contributed by atoms with E-state index in [-0.39, 0.29) is 28.5 Å². The van der Waals surface area contributed by atoms with Crippen LogP contribution in [0.3, 0.4) is 0 Å². The highest BCUT2D eigenvalue weighted by atomic mass is 16.5. The molecule has 4 bridgehead atoms. The second-order valence-corrected chi connectivity index (χ2v) is 14.2. The molecule has 4 N–H and O–H groups in total. The van der Waals surface area contributed by atoms with Crippen molar-refractivity contribution in [1.29, 1.82) is 0 Å². The summed E-state index contributed by atoms with van der Waals surface area (Å²) in [5.74, 6) is 4.18. The molecule has 9 heteroatoms. The lowest BCUT2D eigenvalue weighted by Gasteiger charge is -2.56. The molecule has 0 amide bonds. The molecule has 2 saturated heterocycles. The summed E-state index contributed by atoms with van der Waals surface area (Å²) in [5.41, 5.74) is 5.21. The summed E-state index contributed by atoms with van der Waals surface area (Å²) in [7, 11) is 7.81. The number of hydrogen-bond acceptors (Lipinski definition) is 8. The number of likely N-dealkylation sites (N-methyl/N-ethyl adjacent to an activating group) is 2. The largest absolute Gasteiger partial charge is 0.493 e. The maximum Gasteiger partial charge on any atom is 0.165 e. The van der Waals surface area contributed by atoms with Gasteiger partial charge in [-0.25, -0.2) is 0 Å². The van der Waals surface area contributed by atoms with Gasteiger partial charge in [0, 0.05) is 45.9 Å². The third-order valence-corrected chi connectivity index (χ3v) is 12.7. The molecule has 8 aliphatic rings. The maximum atomic E-state index is 10.6. The molecule has 2 spiro atoms. The predicted molar refractivity (Wildman–Crippen MR) is 169 cm³/mol. The highest BCUT2D eigenvalue weighted by Gasteiger charge is 2.65. The van der Waals surface area contributed by atoms with Crippen LogP contribution in [0.15, 0.2) is 48.6 Å². The summed E-state index contributed by atoms with van der Waals surface area (Å²) in [6, 6.07) is 9.40. The van der Waals surface area contributed by atoms with Gasteiger partial charge in [-0.05, 0) is 76.1 Å². The van der Waals surface area contributed by atoms with Crippen molar-refractivity contribution in [2.75, 3.05) is 41.4 Å². The molecule has 45 heavy (non-hydrogen) atoms. The standard InChI is InChI=1S/2C18H21NO3.H2O/c2*1-19-8-7-18-11-4-5-13(20)17(18)22-16-14(21-2)6-3-10(15(16)18)9-12(11)19;/h2*3-6,11-13,17,20H,7-9H2,1-2H3;1H2/t2*11-,12+,13-,17-,18-;/m00./s1. The van der Waals surface area contributed by atoms with E-state index in [0.29, 0.717) is 23.9 Å². The van der Waals surface area contributed by atoms with Crippen LogP contribution in [0.2, 0.25) is 0 Å². The Balaban J connectivity index is 0.000000131. The van der Waals surface area contributed by atoms with Crippen molar-refractivity contribution in [2.24, 2.45) is 11.8 Å². The van der Waals surface area contributed by atoms with Gasteiger partial charge in [0.2, 0.25) is 0 Å². The SMILES string of the molecule is COc1ccc2c3c1O[C@H]1[C@@H](O)C=C[C@H]4[C@@H](C2)N(C)CC[C@@]341.COc1ccc2c3c1O[C@H]1[C@@H](O)C=C[C@H]4[C@@H](C2)N(C)CC[C@@]341.O. The lowest BCUT2D eigenvalue weighted by molar-refractivity contribution is -0.0453. The number of nitrogens with zero attached hydrogens (tertiary/aromatic N) is 2. The first-order chi connectivity index (χ1) is 21.3. The first-order valence-corrected chi connectivity index (χ1v) is 16.2. The maximum absolute atomic E-state index is 10.6. The van der Waals surface area contributed by atoms with Crippen molar-refractivity contribution in [3.8, 4) is 23.0 Å². The summed E-state index contributed by atoms with van der Waals surface area (Å²) in [4.78, 5) is 4.94. The van der Waals surface area contributed by atoms with Gasteiger partial charge in [0.25, 0.3) is 0 Å². The van der Waals surface area contributed by atoms with E-state index < -0.39 is 12.2 Å². The highest BCUT2D eigenvalue weighted by molar-refractivity contribution is 5.63. The Bertz CT molecular complexity index is 1490. The Morgan fingerprint density at radius 1 is 0.689 bits per heavy atom. The molecule has 4 aliphatic carbocycles. The molecule has 0 unspecified atom stereocenters. The molecule has 4 aliphatic heterocycles. The average molecular weight is 617 g/mol. The number of methoxy groups -OCH3 is 2. The van der Waals surface area contributed by atoms with Crippen LogP contribution in [0.1, 0.15) is 35.1 Å². The number of piperidine rings is 2. The van der Waals surface area contributed by atoms with Crippen LogP contribution in [0.5, 0.6) is 23.0 Å². The van der Waals surface area contributed by atoms with Gasteiger partial charge in [-0.1, -0.05) is 36.4 Å². The summed E-state index contributed by atoms with van der Waals surface area (Å²) < 4.78 is 23.7. The zero-order valence-corrected chi connectivity index (χ0v) is 26.4. The Morgan fingerprint density at radius 3 is 1.51 bits per heavy atom. The predicted octanol–water partition coefficient (Wildman–Crippen LogP) is 2.18. The fraction of sp³-hybridized carbons (Fsp3) is 0.556. The quantitative estimate of drug-likeness (QED) is 0.494. The topological polar surface area (TPSA) is 115 Å². The fourth-order valence-corrected chi connectivity index (χ4v) is 10.8. The van der Waals surface area contributed by atoms with E-state index in [9.17, 15) is 10.2 Å². The fourth-order valence-electron chi connectivity index (χ4n) is 10.8. The zero-order valence-electron chi connectivity index (χ0n) is 26.4. The van der Waals surface area contributed by atoms with Crippen LogP contribution in [0.25, 0.3) is 0 Å². The number of ether oxygens (including phenoxy) is 4. The van der Waals surface area contributed by atoms with Crippen LogP contribution in [0, 0.1) is 11.8 Å². The summed E-state index contributed by atoms with van der Waals surface area (Å²) in [6.45, 7) is 2.11. The number of aliphatic hydroxyl groups excluding tert-OH is 2. The van der Waals surface area contributed by atoms with Crippen molar-refractivity contribution >= 4 is 0 Å². The van der Waals surface area contributed by atoms with E-state index in [1.807, 2.05) is 24.3 Å². The van der Waals surface area contributed by atoms with Gasteiger partial charge in [-0.2, -0.15) is 0 Å². The van der Waals surface area contributed by atoms with Crippen molar-refractivity contribution in [2.45, 2.75) is 73.0 Å². The monoisotopic (exact) mass is 616 g/mol. The van der Waals surface area contributed by atoms with Crippen molar-refractivity contribution in [3.05, 3.63) is 70.8 Å². The number of aliphatic hydroxyl groups is 2. The van der Waals surface area contributed by atoms with Gasteiger partial charge in [-0.15, -0.1) is 0 Å². The molecule has 0 radical (unpaired) electrons. The highest BCUT2D eigenvalue weighted by Crippen LogP contribution is 2.64. The Hall–Kier alpha value is -3.08. The van der Waals surface area contributed by atoms with Gasteiger partial charge in [0.05, 0.1) is 14.2 Å². The van der Waals surface area contributed by atoms with Crippen molar-refractivity contribution in [1.82, 2.24) is 9.80 Å². The molecule has 10 atom stereocenters. The van der Waals surface area contributed by atoms with Gasteiger partial charge < -0.3 is 44.4 Å². The van der Waals surface area contributed by atoms with E-state index in [0.717, 1.165) is 61.8 Å². The molecule has 10 rings (SSSR count). The Kier molecular flexibility index (Phi) is 6.49. The second-order valence-electron chi connectivity index (χ2n) is 14.2. The molecule has 0 saturated carbocycles. The molecular formula is C36H44N2O7. The van der Waals surface area contributed by atoms with E-state index in [1.54, 1.807) is 14.2 Å². The van der Waals surface area contributed by atoms with Gasteiger partial charge in [-0.3, -0.25) is 0 Å². The van der Waals surface area contributed by atoms with Gasteiger partial charge in [0.15, 0.2) is 23.0 Å². The number of benzene rings is 2. The number of rotatable bonds is 2. The smallest absolute Gasteiger partial charge is 0.165 e. The van der Waals surface area contributed by atoms with E-state index in [4.69, 9.17) is 18.9 Å². The minimum absolute atomic E-state index is 0. The summed E-state index contributed by atoms with van der Waals surface area (Å²) in [5, 5.41) is 21.1. The van der Waals surface area contributed by atoms with Crippen molar-refractivity contribution < 1.29 is 34.6 Å². The molecule has 2 aromatic carbocycles. The molecule has 240 valence electrons. The van der Waals surface area contributed by atoms with Crippen LogP contribution in [0.4, 0.5) is 0 Å². The normalized spacial score (nSPS) is 40.1. The van der Waals surface area contributed by atoms with Crippen LogP contribution in [-0.4, -0.2) is 103 Å². The van der Waals surface area contributed by atoms with Crippen LogP contribution in [-0.2, 0) is 23.7 Å². The molecule has 0 aromatic heterocycles. The number of likely N-dealkylation sites (tertiary alicyclic amines) is 2. The van der Waals surface area contributed by atoms with Crippen LogP contribution < -0.4 is 18.9 Å². The minimum atomic E-state index is -0.539. The van der Waals surface area contributed by atoms with Gasteiger partial charge >= 0.3 is 0 Å². The summed E-state index contributed by atoms with van der Waals surface area (Å²) in [6.07, 6.45) is 11.1. The molecule has 9 nitrogen and oxygen atoms in total. The first-order valence-electron chi connectivity index (χ1n) is 16.2. The number of hydrogen-bond donors (Lipinski definition) is 2. The lowest BCUT2D eigenvalue weighted by atomic mass is 9.53. The summed E-state index contributed by atoms with van der Waals surface area (Å²) >= 11 is 0. The Morgan fingerprint density at radius 2 is 1.11 bits per heavy atom. The Labute approximate surface area is 264 Å². The van der Waals surface area contributed by atoms with Crippen molar-refractivity contribution in [3.63, 3.8) is 0 Å². The minimum Gasteiger partial charge on any atom is -0.493 e. The molecule has 2 fully saturated rings. The first kappa shape index (κ1) is 29.3. The van der Waals surface area contributed by atoms with E-state index >= 15 is 0 Å². The second kappa shape index (κ2) is 9.96. The van der Waals surface area contributed by atoms with E-state index in [1.165, 1.54) is 22.3 Å². The van der Waals surface area contributed by atoms with Gasteiger partial charge in [0.1, 0.15) is 24.4 Å². The zero-order chi connectivity index (χ0) is 30.1. The van der Waals surface area contributed by atoms with Crippen LogP contribution >= 0.6 is 0 Å². The third kappa shape index (κ3) is 3.51. The molecule has 4 heterocycles.